The lowest BCUT2D eigenvalue weighted by atomic mass is 10.1. The largest absolute Gasteiger partial charge is 0.355 e. The number of hydrogen-bond acceptors (Lipinski definition) is 1. The third-order valence-electron chi connectivity index (χ3n) is 1.94. The highest BCUT2D eigenvalue weighted by atomic mass is 35.5. The molecule has 0 radical (unpaired) electrons. The number of nitrogens with one attached hydrogen (secondary N) is 1. The van der Waals surface area contributed by atoms with Crippen LogP contribution in [0.15, 0.2) is 0 Å². The van der Waals surface area contributed by atoms with E-state index in [-0.39, 0.29) is 5.91 Å². The van der Waals surface area contributed by atoms with E-state index in [1.807, 2.05) is 0 Å². The normalized spacial score (nSPS) is 12.5. The molecule has 1 amide bonds. The summed E-state index contributed by atoms with van der Waals surface area (Å²) >= 11 is 5.58. The van der Waals surface area contributed by atoms with Crippen LogP contribution in [0, 0.1) is 0 Å². The van der Waals surface area contributed by atoms with E-state index in [0.29, 0.717) is 0 Å². The highest BCUT2D eigenvalue weighted by Crippen LogP contribution is 2.01. The summed E-state index contributed by atoms with van der Waals surface area (Å²) in [5.74, 6) is -0.0582. The smallest absolute Gasteiger partial charge is 0.237 e. The van der Waals surface area contributed by atoms with Crippen LogP contribution in [0.1, 0.15) is 46.0 Å². The number of rotatable bonds is 7. The van der Waals surface area contributed by atoms with Crippen LogP contribution >= 0.6 is 11.6 Å². The van der Waals surface area contributed by atoms with Crippen LogP contribution in [0.3, 0.4) is 0 Å². The Hall–Kier alpha value is -0.240. The molecule has 13 heavy (non-hydrogen) atoms. The predicted octanol–water partition coefficient (Wildman–Crippen LogP) is 2.70. The molecule has 0 rings (SSSR count). The Morgan fingerprint density at radius 3 is 2.46 bits per heavy atom. The van der Waals surface area contributed by atoms with Gasteiger partial charge in [0.1, 0.15) is 5.38 Å². The maximum atomic E-state index is 11.0. The van der Waals surface area contributed by atoms with Crippen molar-refractivity contribution in [2.75, 3.05) is 6.54 Å². The number of carbonyl (C=O) groups excluding carboxylic acids is 1. The van der Waals surface area contributed by atoms with Crippen molar-refractivity contribution in [3.8, 4) is 0 Å². The Bertz CT molecular complexity index is 137. The molecule has 0 aromatic carbocycles. The molecule has 0 aromatic rings. The lowest BCUT2D eigenvalue weighted by molar-refractivity contribution is -0.120. The minimum atomic E-state index is -0.407. The van der Waals surface area contributed by atoms with E-state index < -0.39 is 5.38 Å². The molecule has 3 heteroatoms. The first-order valence-corrected chi connectivity index (χ1v) is 5.54. The van der Waals surface area contributed by atoms with Gasteiger partial charge in [-0.05, 0) is 13.3 Å². The number of unbranched alkanes of at least 4 members (excludes halogenated alkanes) is 4. The second kappa shape index (κ2) is 8.36. The summed E-state index contributed by atoms with van der Waals surface area (Å²) in [7, 11) is 0. The van der Waals surface area contributed by atoms with E-state index in [9.17, 15) is 4.79 Å². The topological polar surface area (TPSA) is 29.1 Å². The molecule has 0 aliphatic carbocycles. The van der Waals surface area contributed by atoms with Crippen molar-refractivity contribution in [2.24, 2.45) is 0 Å². The molecule has 0 heterocycles. The van der Waals surface area contributed by atoms with E-state index in [2.05, 4.69) is 12.2 Å². The number of carbonyl (C=O) groups is 1. The Labute approximate surface area is 86.0 Å². The Morgan fingerprint density at radius 2 is 1.92 bits per heavy atom. The minimum absolute atomic E-state index is 0.0582. The highest BCUT2D eigenvalue weighted by molar-refractivity contribution is 6.30. The summed E-state index contributed by atoms with van der Waals surface area (Å²) in [6, 6.07) is 0. The van der Waals surface area contributed by atoms with Gasteiger partial charge in [-0.2, -0.15) is 0 Å². The first-order valence-electron chi connectivity index (χ1n) is 5.10. The quantitative estimate of drug-likeness (QED) is 0.503. The molecule has 1 atom stereocenters. The van der Waals surface area contributed by atoms with Crippen LogP contribution in [-0.2, 0) is 4.79 Å². The summed E-state index contributed by atoms with van der Waals surface area (Å²) in [4.78, 5) is 11.0. The second-order valence-corrected chi connectivity index (χ2v) is 3.98. The summed E-state index contributed by atoms with van der Waals surface area (Å²) in [6.45, 7) is 4.64. The van der Waals surface area contributed by atoms with E-state index in [0.717, 1.165) is 13.0 Å². The van der Waals surface area contributed by atoms with Crippen molar-refractivity contribution < 1.29 is 4.79 Å². The number of halogens is 1. The molecule has 0 spiro atoms. The third kappa shape index (κ3) is 8.10. The molecule has 0 bridgehead atoms. The lowest BCUT2D eigenvalue weighted by Gasteiger charge is -2.05. The van der Waals surface area contributed by atoms with Gasteiger partial charge in [0.15, 0.2) is 0 Å². The fourth-order valence-corrected chi connectivity index (χ4v) is 1.16. The molecular weight excluding hydrogens is 186 g/mol. The van der Waals surface area contributed by atoms with E-state index in [4.69, 9.17) is 11.6 Å². The van der Waals surface area contributed by atoms with Gasteiger partial charge in [0.2, 0.25) is 5.91 Å². The van der Waals surface area contributed by atoms with Crippen LogP contribution in [0.4, 0.5) is 0 Å². The standard InChI is InChI=1S/C10H20ClNO/c1-3-4-5-6-7-8-12-10(13)9(2)11/h9H,3-8H2,1-2H3,(H,12,13)/t9-/m1/s1. The molecule has 78 valence electrons. The molecule has 0 fully saturated rings. The molecule has 2 nitrogen and oxygen atoms in total. The highest BCUT2D eigenvalue weighted by Gasteiger charge is 2.06. The first kappa shape index (κ1) is 12.8. The van der Waals surface area contributed by atoms with E-state index in [1.165, 1.54) is 25.7 Å². The second-order valence-electron chi connectivity index (χ2n) is 3.32. The van der Waals surface area contributed by atoms with Crippen molar-refractivity contribution in [3.63, 3.8) is 0 Å². The number of alkyl halides is 1. The van der Waals surface area contributed by atoms with Gasteiger partial charge in [-0.25, -0.2) is 0 Å². The summed E-state index contributed by atoms with van der Waals surface area (Å²) in [6.07, 6.45) is 6.08. The van der Waals surface area contributed by atoms with Gasteiger partial charge < -0.3 is 5.32 Å². The molecule has 0 saturated heterocycles. The maximum absolute atomic E-state index is 11.0. The zero-order valence-electron chi connectivity index (χ0n) is 8.61. The Balaban J connectivity index is 3.12. The lowest BCUT2D eigenvalue weighted by Crippen LogP contribution is -2.30. The molecular formula is C10H20ClNO. The van der Waals surface area contributed by atoms with Gasteiger partial charge in [0.25, 0.3) is 0 Å². The molecule has 0 aliphatic heterocycles. The SMILES string of the molecule is CCCCCCCNC(=O)[C@@H](C)Cl. The zero-order chi connectivity index (χ0) is 10.1. The maximum Gasteiger partial charge on any atom is 0.237 e. The molecule has 1 N–H and O–H groups in total. The third-order valence-corrected chi connectivity index (χ3v) is 2.14. The monoisotopic (exact) mass is 205 g/mol. The number of amides is 1. The van der Waals surface area contributed by atoms with Crippen LogP contribution in [0.2, 0.25) is 0 Å². The first-order chi connectivity index (χ1) is 6.18. The van der Waals surface area contributed by atoms with Gasteiger partial charge in [0.05, 0.1) is 0 Å². The van der Waals surface area contributed by atoms with Crippen molar-refractivity contribution in [3.05, 3.63) is 0 Å². The predicted molar refractivity (Wildman–Crippen MR) is 57.1 cm³/mol. The summed E-state index contributed by atoms with van der Waals surface area (Å²) < 4.78 is 0. The van der Waals surface area contributed by atoms with Gasteiger partial charge in [-0.1, -0.05) is 32.6 Å². The summed E-state index contributed by atoms with van der Waals surface area (Å²) in [5, 5.41) is 2.38. The van der Waals surface area contributed by atoms with Gasteiger partial charge >= 0.3 is 0 Å². The Morgan fingerprint density at radius 1 is 1.31 bits per heavy atom. The van der Waals surface area contributed by atoms with Crippen LogP contribution in [-0.4, -0.2) is 17.8 Å². The van der Waals surface area contributed by atoms with Crippen molar-refractivity contribution >= 4 is 17.5 Å². The van der Waals surface area contributed by atoms with Crippen molar-refractivity contribution in [1.29, 1.82) is 0 Å². The van der Waals surface area contributed by atoms with E-state index in [1.54, 1.807) is 6.92 Å². The summed E-state index contributed by atoms with van der Waals surface area (Å²) in [5.41, 5.74) is 0. The van der Waals surface area contributed by atoms with Crippen molar-refractivity contribution in [1.82, 2.24) is 5.32 Å². The molecule has 0 saturated carbocycles. The fourth-order valence-electron chi connectivity index (χ4n) is 1.08. The minimum Gasteiger partial charge on any atom is -0.355 e. The molecule has 0 unspecified atom stereocenters. The fraction of sp³-hybridized carbons (Fsp3) is 0.900. The average Bonchev–Trinajstić information content (AvgIpc) is 2.10. The molecule has 0 aromatic heterocycles. The van der Waals surface area contributed by atoms with Crippen LogP contribution in [0.5, 0.6) is 0 Å². The molecule has 0 aliphatic rings. The van der Waals surface area contributed by atoms with Crippen LogP contribution < -0.4 is 5.32 Å². The zero-order valence-corrected chi connectivity index (χ0v) is 9.36. The van der Waals surface area contributed by atoms with Gasteiger partial charge in [-0.15, -0.1) is 11.6 Å². The van der Waals surface area contributed by atoms with Crippen molar-refractivity contribution in [2.45, 2.75) is 51.3 Å². The van der Waals surface area contributed by atoms with Gasteiger partial charge in [-0.3, -0.25) is 4.79 Å². The average molecular weight is 206 g/mol. The number of hydrogen-bond donors (Lipinski definition) is 1. The van der Waals surface area contributed by atoms with E-state index >= 15 is 0 Å². The van der Waals surface area contributed by atoms with Crippen LogP contribution in [0.25, 0.3) is 0 Å². The Kier molecular flexibility index (Phi) is 8.21. The van der Waals surface area contributed by atoms with Gasteiger partial charge in [0, 0.05) is 6.54 Å².